The maximum absolute atomic E-state index is 5.13. The number of rotatable bonds is 5. The summed E-state index contributed by atoms with van der Waals surface area (Å²) >= 11 is 0. The van der Waals surface area contributed by atoms with Crippen molar-refractivity contribution in [3.8, 4) is 0 Å². The van der Waals surface area contributed by atoms with Crippen LogP contribution in [-0.4, -0.2) is 37.4 Å². The lowest BCUT2D eigenvalue weighted by Crippen LogP contribution is -2.23. The molecule has 1 aliphatic rings. The van der Waals surface area contributed by atoms with E-state index in [1.165, 1.54) is 25.9 Å². The minimum absolute atomic E-state index is 0.479. The number of oxime groups is 1. The highest BCUT2D eigenvalue weighted by molar-refractivity contribution is 5.58. The average molecular weight is 184 g/mol. The number of likely N-dealkylation sites (tertiary alicyclic amines) is 1. The summed E-state index contributed by atoms with van der Waals surface area (Å²) < 4.78 is 0. The van der Waals surface area contributed by atoms with E-state index in [1.54, 1.807) is 0 Å². The van der Waals surface area contributed by atoms with Crippen LogP contribution in [0.1, 0.15) is 26.7 Å². The van der Waals surface area contributed by atoms with E-state index in [0.717, 1.165) is 13.2 Å². The van der Waals surface area contributed by atoms with Gasteiger partial charge in [-0.3, -0.25) is 4.90 Å². The molecule has 0 unspecified atom stereocenters. The molecule has 1 saturated heterocycles. The van der Waals surface area contributed by atoms with Crippen LogP contribution in [0.25, 0.3) is 0 Å². The maximum atomic E-state index is 5.13. The third kappa shape index (κ3) is 4.88. The molecule has 3 heteroatoms. The fraction of sp³-hybridized carbons (Fsp3) is 0.900. The van der Waals surface area contributed by atoms with E-state index in [2.05, 4.69) is 23.9 Å². The Morgan fingerprint density at radius 1 is 1.38 bits per heavy atom. The Balaban J connectivity index is 1.94. The molecule has 1 rings (SSSR count). The van der Waals surface area contributed by atoms with E-state index in [9.17, 15) is 0 Å². The Morgan fingerprint density at radius 3 is 2.69 bits per heavy atom. The lowest BCUT2D eigenvalue weighted by Gasteiger charge is -2.12. The topological polar surface area (TPSA) is 24.8 Å². The highest BCUT2D eigenvalue weighted by atomic mass is 16.6. The van der Waals surface area contributed by atoms with Crippen molar-refractivity contribution in [2.75, 3.05) is 26.2 Å². The molecule has 0 aromatic heterocycles. The summed E-state index contributed by atoms with van der Waals surface area (Å²) in [6, 6.07) is 0. The zero-order valence-corrected chi connectivity index (χ0v) is 8.70. The minimum atomic E-state index is 0.479. The van der Waals surface area contributed by atoms with Crippen molar-refractivity contribution in [1.29, 1.82) is 0 Å². The Labute approximate surface area is 80.7 Å². The monoisotopic (exact) mass is 184 g/mol. The molecule has 3 nitrogen and oxygen atoms in total. The molecular weight excluding hydrogens is 164 g/mol. The summed E-state index contributed by atoms with van der Waals surface area (Å²) in [6.45, 7) is 8.40. The number of hydrogen-bond donors (Lipinski definition) is 0. The van der Waals surface area contributed by atoms with Crippen molar-refractivity contribution < 1.29 is 4.84 Å². The van der Waals surface area contributed by atoms with E-state index in [0.29, 0.717) is 5.92 Å². The maximum Gasteiger partial charge on any atom is 0.129 e. The molecule has 0 bridgehead atoms. The van der Waals surface area contributed by atoms with Gasteiger partial charge in [0.1, 0.15) is 6.61 Å². The highest BCUT2D eigenvalue weighted by Crippen LogP contribution is 2.05. The minimum Gasteiger partial charge on any atom is -0.395 e. The van der Waals surface area contributed by atoms with Crippen LogP contribution in [0.5, 0.6) is 0 Å². The van der Waals surface area contributed by atoms with E-state index in [-0.39, 0.29) is 0 Å². The summed E-state index contributed by atoms with van der Waals surface area (Å²) in [6.07, 6.45) is 4.52. The molecule has 1 heterocycles. The van der Waals surface area contributed by atoms with Crippen molar-refractivity contribution in [2.24, 2.45) is 11.1 Å². The fourth-order valence-electron chi connectivity index (χ4n) is 1.39. The van der Waals surface area contributed by atoms with Crippen molar-refractivity contribution in [2.45, 2.75) is 26.7 Å². The van der Waals surface area contributed by atoms with E-state index in [1.807, 2.05) is 6.21 Å². The molecule has 0 aliphatic carbocycles. The van der Waals surface area contributed by atoms with Crippen molar-refractivity contribution in [3.63, 3.8) is 0 Å². The van der Waals surface area contributed by atoms with E-state index in [4.69, 9.17) is 4.84 Å². The zero-order valence-electron chi connectivity index (χ0n) is 8.70. The first-order chi connectivity index (χ1) is 6.29. The first-order valence-corrected chi connectivity index (χ1v) is 5.17. The molecule has 0 amide bonds. The van der Waals surface area contributed by atoms with Crippen molar-refractivity contribution in [1.82, 2.24) is 4.90 Å². The molecule has 0 saturated carbocycles. The van der Waals surface area contributed by atoms with Crippen LogP contribution < -0.4 is 0 Å². The van der Waals surface area contributed by atoms with Gasteiger partial charge in [0.25, 0.3) is 0 Å². The van der Waals surface area contributed by atoms with E-state index >= 15 is 0 Å². The molecule has 0 aromatic carbocycles. The zero-order chi connectivity index (χ0) is 9.52. The third-order valence-corrected chi connectivity index (χ3v) is 2.13. The van der Waals surface area contributed by atoms with Crippen LogP contribution in [0.3, 0.4) is 0 Å². The molecule has 76 valence electrons. The summed E-state index contributed by atoms with van der Waals surface area (Å²) in [5.41, 5.74) is 0. The van der Waals surface area contributed by atoms with Gasteiger partial charge in [0.05, 0.1) is 0 Å². The van der Waals surface area contributed by atoms with Crippen LogP contribution in [0, 0.1) is 5.92 Å². The molecule has 1 fully saturated rings. The first kappa shape index (κ1) is 10.5. The lowest BCUT2D eigenvalue weighted by molar-refractivity contribution is 0.119. The van der Waals surface area contributed by atoms with Crippen LogP contribution in [0.2, 0.25) is 0 Å². The van der Waals surface area contributed by atoms with Crippen LogP contribution >= 0.6 is 0 Å². The van der Waals surface area contributed by atoms with Gasteiger partial charge in [-0.1, -0.05) is 19.0 Å². The molecule has 0 aromatic rings. The Kier molecular flexibility index (Phi) is 4.83. The molecule has 1 aliphatic heterocycles. The second kappa shape index (κ2) is 5.97. The molecule has 0 N–H and O–H groups in total. The summed E-state index contributed by atoms with van der Waals surface area (Å²) in [7, 11) is 0. The summed E-state index contributed by atoms with van der Waals surface area (Å²) in [5, 5.41) is 3.88. The predicted octanol–water partition coefficient (Wildman–Crippen LogP) is 1.74. The quantitative estimate of drug-likeness (QED) is 0.369. The van der Waals surface area contributed by atoms with Gasteiger partial charge < -0.3 is 4.84 Å². The second-order valence-corrected chi connectivity index (χ2v) is 3.88. The van der Waals surface area contributed by atoms with Gasteiger partial charge in [-0.05, 0) is 31.8 Å². The summed E-state index contributed by atoms with van der Waals surface area (Å²) in [5.74, 6) is 0.479. The Bertz CT molecular complexity index is 151. The van der Waals surface area contributed by atoms with E-state index < -0.39 is 0 Å². The first-order valence-electron chi connectivity index (χ1n) is 5.17. The normalized spacial score (nSPS) is 19.0. The highest BCUT2D eigenvalue weighted by Gasteiger charge is 2.10. The number of hydrogen-bond acceptors (Lipinski definition) is 3. The molecule has 0 radical (unpaired) electrons. The van der Waals surface area contributed by atoms with Crippen LogP contribution in [0.15, 0.2) is 5.16 Å². The van der Waals surface area contributed by atoms with Gasteiger partial charge in [-0.15, -0.1) is 0 Å². The van der Waals surface area contributed by atoms with Crippen LogP contribution in [-0.2, 0) is 4.84 Å². The van der Waals surface area contributed by atoms with Crippen LogP contribution in [0.4, 0.5) is 0 Å². The predicted molar refractivity (Wildman–Crippen MR) is 55.0 cm³/mol. The van der Waals surface area contributed by atoms with Gasteiger partial charge in [0, 0.05) is 12.8 Å². The summed E-state index contributed by atoms with van der Waals surface area (Å²) in [4.78, 5) is 7.56. The molecule has 0 atom stereocenters. The van der Waals surface area contributed by atoms with Crippen molar-refractivity contribution in [3.05, 3.63) is 0 Å². The smallest absolute Gasteiger partial charge is 0.129 e. The van der Waals surface area contributed by atoms with Gasteiger partial charge in [-0.2, -0.15) is 0 Å². The SMILES string of the molecule is CC(C)/C=N/OCCN1CCCC1. The van der Waals surface area contributed by atoms with Gasteiger partial charge in [0.2, 0.25) is 0 Å². The molecule has 0 spiro atoms. The third-order valence-electron chi connectivity index (χ3n) is 2.13. The standard InChI is InChI=1S/C10H20N2O/c1-10(2)9-11-13-8-7-12-5-3-4-6-12/h9-10H,3-8H2,1-2H3/b11-9+. The molecular formula is C10H20N2O. The largest absolute Gasteiger partial charge is 0.395 e. The van der Waals surface area contributed by atoms with Gasteiger partial charge >= 0.3 is 0 Å². The van der Waals surface area contributed by atoms with Crippen molar-refractivity contribution >= 4 is 6.21 Å². The lowest BCUT2D eigenvalue weighted by atomic mass is 10.3. The Morgan fingerprint density at radius 2 is 2.08 bits per heavy atom. The average Bonchev–Trinajstić information content (AvgIpc) is 2.55. The molecule has 13 heavy (non-hydrogen) atoms. The van der Waals surface area contributed by atoms with Gasteiger partial charge in [-0.25, -0.2) is 0 Å². The van der Waals surface area contributed by atoms with Gasteiger partial charge in [0.15, 0.2) is 0 Å². The second-order valence-electron chi connectivity index (χ2n) is 3.88. The number of nitrogens with zero attached hydrogens (tertiary/aromatic N) is 2. The Hall–Kier alpha value is -0.570. The fourth-order valence-corrected chi connectivity index (χ4v) is 1.39.